The maximum atomic E-state index is 11.6. The van der Waals surface area contributed by atoms with Crippen LogP contribution in [0, 0.1) is 0 Å². The van der Waals surface area contributed by atoms with Crippen LogP contribution in [0.4, 0.5) is 0 Å². The molecule has 2 aromatic carbocycles. The minimum atomic E-state index is -0.740. The predicted molar refractivity (Wildman–Crippen MR) is 117 cm³/mol. The molecule has 2 atom stereocenters. The average Bonchev–Trinajstić information content (AvgIpc) is 3.21. The number of ether oxygens (including phenoxy) is 1. The molecule has 1 aromatic heterocycles. The third kappa shape index (κ3) is 4.22. The fourth-order valence-corrected chi connectivity index (χ4v) is 3.75. The second-order valence-electron chi connectivity index (χ2n) is 7.80. The van der Waals surface area contributed by atoms with Crippen LogP contribution in [0.3, 0.4) is 0 Å². The number of furan rings is 1. The van der Waals surface area contributed by atoms with Gasteiger partial charge in [0.2, 0.25) is 0 Å². The summed E-state index contributed by atoms with van der Waals surface area (Å²) in [7, 11) is 1.38. The van der Waals surface area contributed by atoms with E-state index in [0.717, 1.165) is 28.5 Å². The van der Waals surface area contributed by atoms with Crippen molar-refractivity contribution >= 4 is 22.5 Å². The lowest BCUT2D eigenvalue weighted by atomic mass is 9.85. The SMILES string of the molecule is COC(=O)c1ccc(C2=CC=CC(C)(NCC(O)c3cc4ccccc4o3)C2)cc1. The standard InChI is InChI=1S/C25H25NO4/c1-25(26-16-21(27)23-14-19-6-3-4-8-22(19)30-23)13-5-7-20(15-25)17-9-11-18(12-10-17)24(28)29-2/h3-14,21,26-27H,15-16H2,1-2H3. The molecule has 0 amide bonds. The second kappa shape index (κ2) is 8.30. The van der Waals surface area contributed by atoms with Crippen molar-refractivity contribution in [3.05, 3.63) is 89.7 Å². The van der Waals surface area contributed by atoms with Crippen molar-refractivity contribution in [1.82, 2.24) is 5.32 Å². The van der Waals surface area contributed by atoms with Gasteiger partial charge in [0.1, 0.15) is 17.4 Å². The van der Waals surface area contributed by atoms with E-state index in [1.54, 1.807) is 12.1 Å². The Morgan fingerprint density at radius 1 is 1.23 bits per heavy atom. The van der Waals surface area contributed by atoms with Crippen LogP contribution in [0.15, 0.2) is 77.2 Å². The molecule has 0 bridgehead atoms. The first kappa shape index (κ1) is 20.1. The lowest BCUT2D eigenvalue weighted by molar-refractivity contribution is 0.0600. The van der Waals surface area contributed by atoms with Gasteiger partial charge in [-0.2, -0.15) is 0 Å². The van der Waals surface area contributed by atoms with Gasteiger partial charge >= 0.3 is 5.97 Å². The number of hydrogen-bond acceptors (Lipinski definition) is 5. The number of para-hydroxylation sites is 1. The summed E-state index contributed by atoms with van der Waals surface area (Å²) in [5.74, 6) is 0.214. The first-order valence-electron chi connectivity index (χ1n) is 9.96. The van der Waals surface area contributed by atoms with Gasteiger partial charge in [0.05, 0.1) is 12.7 Å². The molecule has 5 nitrogen and oxygen atoms in total. The van der Waals surface area contributed by atoms with E-state index in [1.807, 2.05) is 48.5 Å². The predicted octanol–water partition coefficient (Wildman–Crippen LogP) is 4.64. The fraction of sp³-hybridized carbons (Fsp3) is 0.240. The van der Waals surface area contributed by atoms with E-state index in [2.05, 4.69) is 24.4 Å². The van der Waals surface area contributed by atoms with E-state index < -0.39 is 6.10 Å². The first-order valence-corrected chi connectivity index (χ1v) is 9.96. The Kier molecular flexibility index (Phi) is 5.57. The van der Waals surface area contributed by atoms with Crippen molar-refractivity contribution < 1.29 is 19.1 Å². The van der Waals surface area contributed by atoms with Crippen LogP contribution in [-0.4, -0.2) is 30.3 Å². The largest absolute Gasteiger partial charge is 0.465 e. The number of aliphatic hydroxyl groups is 1. The highest BCUT2D eigenvalue weighted by Gasteiger charge is 2.26. The minimum absolute atomic E-state index is 0.307. The van der Waals surface area contributed by atoms with Crippen LogP contribution in [-0.2, 0) is 4.74 Å². The summed E-state index contributed by atoms with van der Waals surface area (Å²) in [4.78, 5) is 11.6. The van der Waals surface area contributed by atoms with E-state index in [4.69, 9.17) is 9.15 Å². The molecule has 5 heteroatoms. The number of hydrogen-bond donors (Lipinski definition) is 2. The minimum Gasteiger partial charge on any atom is -0.465 e. The Morgan fingerprint density at radius 3 is 2.73 bits per heavy atom. The monoisotopic (exact) mass is 403 g/mol. The van der Waals surface area contributed by atoms with Crippen molar-refractivity contribution in [2.45, 2.75) is 25.0 Å². The van der Waals surface area contributed by atoms with E-state index >= 15 is 0 Å². The molecule has 30 heavy (non-hydrogen) atoms. The van der Waals surface area contributed by atoms with Crippen LogP contribution in [0.25, 0.3) is 16.5 Å². The van der Waals surface area contributed by atoms with Crippen molar-refractivity contribution in [3.63, 3.8) is 0 Å². The van der Waals surface area contributed by atoms with E-state index in [9.17, 15) is 9.90 Å². The van der Waals surface area contributed by atoms with Gasteiger partial charge in [0.15, 0.2) is 0 Å². The number of aliphatic hydroxyl groups excluding tert-OH is 1. The Balaban J connectivity index is 1.42. The van der Waals surface area contributed by atoms with Crippen molar-refractivity contribution in [1.29, 1.82) is 0 Å². The van der Waals surface area contributed by atoms with Crippen molar-refractivity contribution in [2.24, 2.45) is 0 Å². The number of fused-ring (bicyclic) bond motifs is 1. The highest BCUT2D eigenvalue weighted by atomic mass is 16.5. The van der Waals surface area contributed by atoms with Crippen LogP contribution in [0.2, 0.25) is 0 Å². The number of carbonyl (C=O) groups excluding carboxylic acids is 1. The fourth-order valence-electron chi connectivity index (χ4n) is 3.75. The molecule has 1 heterocycles. The molecule has 4 rings (SSSR count). The molecule has 1 aliphatic carbocycles. The topological polar surface area (TPSA) is 71.7 Å². The molecule has 2 unspecified atom stereocenters. The molecule has 154 valence electrons. The van der Waals surface area contributed by atoms with Gasteiger partial charge in [0.25, 0.3) is 0 Å². The van der Waals surface area contributed by atoms with E-state index in [0.29, 0.717) is 17.9 Å². The van der Waals surface area contributed by atoms with Crippen molar-refractivity contribution in [2.75, 3.05) is 13.7 Å². The lowest BCUT2D eigenvalue weighted by Gasteiger charge is -2.32. The molecular weight excluding hydrogens is 378 g/mol. The van der Waals surface area contributed by atoms with Crippen molar-refractivity contribution in [3.8, 4) is 0 Å². The zero-order chi connectivity index (χ0) is 21.1. The Hall–Kier alpha value is -3.15. The average molecular weight is 403 g/mol. The molecule has 0 saturated heterocycles. The summed E-state index contributed by atoms with van der Waals surface area (Å²) in [5, 5.41) is 15.1. The number of benzene rings is 2. The summed E-state index contributed by atoms with van der Waals surface area (Å²) in [6.45, 7) is 2.47. The molecule has 0 saturated carbocycles. The Bertz CT molecular complexity index is 1080. The lowest BCUT2D eigenvalue weighted by Crippen LogP contribution is -2.43. The van der Waals surface area contributed by atoms with Crippen LogP contribution in [0.1, 0.15) is 41.1 Å². The number of nitrogens with one attached hydrogen (secondary N) is 1. The third-order valence-electron chi connectivity index (χ3n) is 5.47. The molecule has 0 spiro atoms. The van der Waals surface area contributed by atoms with Gasteiger partial charge in [0, 0.05) is 17.5 Å². The first-order chi connectivity index (χ1) is 14.5. The van der Waals surface area contributed by atoms with Gasteiger partial charge in [-0.05, 0) is 48.7 Å². The van der Waals surface area contributed by atoms with Crippen LogP contribution in [0.5, 0.6) is 0 Å². The molecule has 3 aromatic rings. The summed E-state index contributed by atoms with van der Waals surface area (Å²) in [6.07, 6.45) is 6.22. The van der Waals surface area contributed by atoms with Gasteiger partial charge in [-0.3, -0.25) is 0 Å². The maximum absolute atomic E-state index is 11.6. The Morgan fingerprint density at radius 2 is 2.00 bits per heavy atom. The third-order valence-corrected chi connectivity index (χ3v) is 5.47. The van der Waals surface area contributed by atoms with Crippen LogP contribution < -0.4 is 5.32 Å². The molecular formula is C25H25NO4. The zero-order valence-corrected chi connectivity index (χ0v) is 17.1. The summed E-state index contributed by atoms with van der Waals surface area (Å²) in [5.41, 5.74) is 3.21. The zero-order valence-electron chi connectivity index (χ0n) is 17.1. The number of methoxy groups -OCH3 is 1. The number of carbonyl (C=O) groups is 1. The van der Waals surface area contributed by atoms with Gasteiger partial charge < -0.3 is 19.6 Å². The highest BCUT2D eigenvalue weighted by Crippen LogP contribution is 2.31. The smallest absolute Gasteiger partial charge is 0.337 e. The molecule has 0 aliphatic heterocycles. The van der Waals surface area contributed by atoms with Gasteiger partial charge in [-0.1, -0.05) is 48.6 Å². The van der Waals surface area contributed by atoms with Gasteiger partial charge in [-0.25, -0.2) is 4.79 Å². The number of allylic oxidation sites excluding steroid dienone is 2. The summed E-state index contributed by atoms with van der Waals surface area (Å²) in [6, 6.07) is 17.0. The molecule has 2 N–H and O–H groups in total. The molecule has 1 aliphatic rings. The number of esters is 1. The normalized spacial score (nSPS) is 19.5. The highest BCUT2D eigenvalue weighted by molar-refractivity contribution is 5.89. The van der Waals surface area contributed by atoms with E-state index in [-0.39, 0.29) is 11.5 Å². The second-order valence-corrected chi connectivity index (χ2v) is 7.80. The maximum Gasteiger partial charge on any atom is 0.337 e. The van der Waals surface area contributed by atoms with E-state index in [1.165, 1.54) is 7.11 Å². The number of β-amino-alcohol motifs (C(OH)–C–C–N with tert-alkyl or cyclic N) is 1. The van der Waals surface area contributed by atoms with Gasteiger partial charge in [-0.15, -0.1) is 0 Å². The molecule has 0 fully saturated rings. The van der Waals surface area contributed by atoms with Crippen LogP contribution >= 0.6 is 0 Å². The Labute approximate surface area is 175 Å². The molecule has 0 radical (unpaired) electrons. The number of rotatable bonds is 6. The summed E-state index contributed by atoms with van der Waals surface area (Å²) < 4.78 is 10.5. The summed E-state index contributed by atoms with van der Waals surface area (Å²) >= 11 is 0. The quantitative estimate of drug-likeness (QED) is 0.587.